The zero-order valence-electron chi connectivity index (χ0n) is 16.2. The number of fused-ring (bicyclic) bond motifs is 1. The number of thiazole rings is 1. The van der Waals surface area contributed by atoms with E-state index in [4.69, 9.17) is 21.3 Å². The lowest BCUT2D eigenvalue weighted by molar-refractivity contribution is -0.380. The van der Waals surface area contributed by atoms with Crippen LogP contribution >= 0.6 is 34.3 Å². The maximum absolute atomic E-state index is 13.3. The molecule has 0 radical (unpaired) electrons. The Balaban J connectivity index is 1.66. The molecule has 0 saturated carbocycles. The van der Waals surface area contributed by atoms with E-state index in [-0.39, 0.29) is 10.9 Å². The Morgan fingerprint density at radius 2 is 2.07 bits per heavy atom. The summed E-state index contributed by atoms with van der Waals surface area (Å²) in [6.45, 7) is 5.95. The van der Waals surface area contributed by atoms with Gasteiger partial charge in [0.25, 0.3) is 5.91 Å². The van der Waals surface area contributed by atoms with Crippen molar-refractivity contribution in [2.24, 2.45) is 0 Å². The zero-order valence-corrected chi connectivity index (χ0v) is 18.6. The molecule has 2 aromatic heterocycles. The van der Waals surface area contributed by atoms with Crippen LogP contribution in [-0.2, 0) is 4.74 Å². The number of carbonyl (C=O) groups excluding carboxylic acids is 1. The van der Waals surface area contributed by atoms with E-state index in [0.29, 0.717) is 41.3 Å². The minimum absolute atomic E-state index is 0.0570. The Morgan fingerprint density at radius 3 is 2.77 bits per heavy atom. The van der Waals surface area contributed by atoms with Gasteiger partial charge in [0.1, 0.15) is 0 Å². The molecule has 0 aliphatic carbocycles. The van der Waals surface area contributed by atoms with Gasteiger partial charge in [0, 0.05) is 37.3 Å². The number of amides is 1. The minimum atomic E-state index is -0.484. The molecule has 1 amide bonds. The molecule has 1 aromatic carbocycles. The van der Waals surface area contributed by atoms with Gasteiger partial charge in [-0.05, 0) is 30.7 Å². The molecule has 30 heavy (non-hydrogen) atoms. The van der Waals surface area contributed by atoms with Crippen LogP contribution in [0.1, 0.15) is 15.2 Å². The molecule has 3 heterocycles. The number of rotatable bonds is 6. The van der Waals surface area contributed by atoms with E-state index in [1.165, 1.54) is 23.5 Å². The van der Waals surface area contributed by atoms with Crippen molar-refractivity contribution >= 4 is 60.5 Å². The van der Waals surface area contributed by atoms with E-state index in [1.54, 1.807) is 4.90 Å². The van der Waals surface area contributed by atoms with Crippen LogP contribution in [0.2, 0.25) is 5.02 Å². The molecule has 1 saturated heterocycles. The monoisotopic (exact) mass is 466 g/mol. The molecule has 1 aliphatic heterocycles. The number of nitrogens with zero attached hydrogens (tertiary/aromatic N) is 4. The third-order valence-corrected chi connectivity index (χ3v) is 7.42. The lowest BCUT2D eigenvalue weighted by Crippen LogP contribution is -2.43. The van der Waals surface area contributed by atoms with Crippen LogP contribution in [0, 0.1) is 17.0 Å². The Morgan fingerprint density at radius 1 is 1.30 bits per heavy atom. The number of nitro groups is 1. The number of hydrogen-bond donors (Lipinski definition) is 0. The van der Waals surface area contributed by atoms with E-state index in [9.17, 15) is 14.9 Å². The molecule has 0 N–H and O–H groups in total. The second-order valence-electron chi connectivity index (χ2n) is 6.82. The number of ether oxygens (including phenoxy) is 1. The normalized spacial score (nSPS) is 14.9. The lowest BCUT2D eigenvalue weighted by atomic mass is 10.2. The van der Waals surface area contributed by atoms with Gasteiger partial charge in [-0.2, -0.15) is 0 Å². The standard InChI is InChI=1S/C19H19ClN4O4S2/c1-12-13(20)2-3-14-17(12)21-19(30-14)23(7-6-22-8-10-28-11-9-22)18(25)15-4-5-16(29-15)24(26)27/h2-5H,6-11H2,1H3. The van der Waals surface area contributed by atoms with Gasteiger partial charge >= 0.3 is 5.00 Å². The van der Waals surface area contributed by atoms with Crippen molar-refractivity contribution in [3.8, 4) is 0 Å². The number of benzene rings is 1. The van der Waals surface area contributed by atoms with Crippen molar-refractivity contribution in [3.63, 3.8) is 0 Å². The third-order valence-electron chi connectivity index (χ3n) is 4.94. The third kappa shape index (κ3) is 4.33. The van der Waals surface area contributed by atoms with Crippen LogP contribution < -0.4 is 4.90 Å². The molecule has 1 fully saturated rings. The molecule has 8 nitrogen and oxygen atoms in total. The molecular formula is C19H19ClN4O4S2. The molecule has 11 heteroatoms. The van der Waals surface area contributed by atoms with Gasteiger partial charge < -0.3 is 4.74 Å². The Hall–Kier alpha value is -2.11. The molecular weight excluding hydrogens is 448 g/mol. The summed E-state index contributed by atoms with van der Waals surface area (Å²) in [6, 6.07) is 6.58. The van der Waals surface area contributed by atoms with Gasteiger partial charge in [0.05, 0.1) is 33.2 Å². The van der Waals surface area contributed by atoms with E-state index >= 15 is 0 Å². The van der Waals surface area contributed by atoms with E-state index in [0.717, 1.165) is 40.2 Å². The number of hydrogen-bond acceptors (Lipinski definition) is 8. The van der Waals surface area contributed by atoms with Crippen LogP contribution in [0.15, 0.2) is 24.3 Å². The zero-order chi connectivity index (χ0) is 21.3. The summed E-state index contributed by atoms with van der Waals surface area (Å²) in [5, 5.41) is 12.2. The maximum Gasteiger partial charge on any atom is 0.324 e. The quantitative estimate of drug-likeness (QED) is 0.399. The molecule has 1 aliphatic rings. The van der Waals surface area contributed by atoms with Gasteiger partial charge in [-0.1, -0.05) is 34.3 Å². The SMILES string of the molecule is Cc1c(Cl)ccc2sc(N(CCN3CCOCC3)C(=O)c3ccc([N+](=O)[O-])s3)nc12. The second-order valence-corrected chi connectivity index (χ2v) is 9.30. The first-order valence-corrected chi connectivity index (χ1v) is 11.4. The molecule has 158 valence electrons. The molecule has 0 spiro atoms. The molecule has 0 unspecified atom stereocenters. The summed E-state index contributed by atoms with van der Waals surface area (Å²) >= 11 is 8.53. The van der Waals surface area contributed by atoms with Crippen molar-refractivity contribution in [1.82, 2.24) is 9.88 Å². The van der Waals surface area contributed by atoms with Gasteiger partial charge in [0.15, 0.2) is 5.13 Å². The summed E-state index contributed by atoms with van der Waals surface area (Å²) in [6.07, 6.45) is 0. The fourth-order valence-electron chi connectivity index (χ4n) is 3.23. The van der Waals surface area contributed by atoms with Crippen LogP contribution in [0.3, 0.4) is 0 Å². The largest absolute Gasteiger partial charge is 0.379 e. The van der Waals surface area contributed by atoms with E-state index in [2.05, 4.69) is 4.90 Å². The highest BCUT2D eigenvalue weighted by Gasteiger charge is 2.26. The van der Waals surface area contributed by atoms with Crippen LogP contribution in [-0.4, -0.2) is 60.1 Å². The number of anilines is 1. The number of thiophene rings is 1. The highest BCUT2D eigenvalue weighted by atomic mass is 35.5. The summed E-state index contributed by atoms with van der Waals surface area (Å²) < 4.78 is 6.33. The maximum atomic E-state index is 13.3. The van der Waals surface area contributed by atoms with Crippen molar-refractivity contribution < 1.29 is 14.5 Å². The molecule has 3 aromatic rings. The fraction of sp³-hybridized carbons (Fsp3) is 0.368. The van der Waals surface area contributed by atoms with Crippen molar-refractivity contribution in [3.05, 3.63) is 49.8 Å². The predicted octanol–water partition coefficient (Wildman–Crippen LogP) is 4.21. The lowest BCUT2D eigenvalue weighted by Gasteiger charge is -2.29. The Bertz CT molecular complexity index is 1090. The summed E-state index contributed by atoms with van der Waals surface area (Å²) in [5.41, 5.74) is 1.63. The van der Waals surface area contributed by atoms with E-state index < -0.39 is 4.92 Å². The van der Waals surface area contributed by atoms with E-state index in [1.807, 2.05) is 19.1 Å². The van der Waals surface area contributed by atoms with Crippen molar-refractivity contribution in [2.45, 2.75) is 6.92 Å². The van der Waals surface area contributed by atoms with Crippen LogP contribution in [0.4, 0.5) is 10.1 Å². The van der Waals surface area contributed by atoms with Gasteiger partial charge in [-0.25, -0.2) is 4.98 Å². The first-order valence-electron chi connectivity index (χ1n) is 9.36. The smallest absolute Gasteiger partial charge is 0.324 e. The summed E-state index contributed by atoms with van der Waals surface area (Å²) in [7, 11) is 0. The fourth-order valence-corrected chi connectivity index (χ4v) is 5.20. The second kappa shape index (κ2) is 8.94. The van der Waals surface area contributed by atoms with Crippen LogP contribution in [0.25, 0.3) is 10.2 Å². The number of morpholine rings is 1. The Kier molecular flexibility index (Phi) is 6.30. The topological polar surface area (TPSA) is 88.8 Å². The predicted molar refractivity (Wildman–Crippen MR) is 119 cm³/mol. The minimum Gasteiger partial charge on any atom is -0.379 e. The first-order chi connectivity index (χ1) is 14.4. The molecule has 0 bridgehead atoms. The van der Waals surface area contributed by atoms with Gasteiger partial charge in [-0.3, -0.25) is 24.7 Å². The first kappa shape index (κ1) is 21.1. The van der Waals surface area contributed by atoms with Crippen molar-refractivity contribution in [2.75, 3.05) is 44.3 Å². The van der Waals surface area contributed by atoms with Crippen molar-refractivity contribution in [1.29, 1.82) is 0 Å². The highest BCUT2D eigenvalue weighted by molar-refractivity contribution is 7.22. The number of carbonyl (C=O) groups is 1. The van der Waals surface area contributed by atoms with Crippen LogP contribution in [0.5, 0.6) is 0 Å². The number of aromatic nitrogens is 1. The summed E-state index contributed by atoms with van der Waals surface area (Å²) in [5.74, 6) is -0.288. The Labute approximate surface area is 185 Å². The van der Waals surface area contributed by atoms with Gasteiger partial charge in [-0.15, -0.1) is 0 Å². The highest BCUT2D eigenvalue weighted by Crippen LogP contribution is 2.35. The summed E-state index contributed by atoms with van der Waals surface area (Å²) in [4.78, 5) is 32.7. The molecule has 4 rings (SSSR count). The average Bonchev–Trinajstić information content (AvgIpc) is 3.40. The number of aryl methyl sites for hydroxylation is 1. The number of halogens is 1. The average molecular weight is 467 g/mol. The van der Waals surface area contributed by atoms with Gasteiger partial charge in [0.2, 0.25) is 0 Å². The molecule has 0 atom stereocenters.